The van der Waals surface area contributed by atoms with Gasteiger partial charge in [0, 0.05) is 30.9 Å². The first kappa shape index (κ1) is 22.5. The number of hydrogen-bond donors (Lipinski definition) is 0. The minimum atomic E-state index is 0.919. The smallest absolute Gasteiger partial charge is 0.136 e. The van der Waals surface area contributed by atoms with Crippen molar-refractivity contribution < 1.29 is 4.42 Å². The van der Waals surface area contributed by atoms with Crippen molar-refractivity contribution in [2.75, 3.05) is 0 Å². The fourth-order valence-electron chi connectivity index (χ4n) is 7.13. The van der Waals surface area contributed by atoms with Crippen molar-refractivity contribution in [2.45, 2.75) is 0 Å². The molecule has 0 saturated heterocycles. The van der Waals surface area contributed by atoms with E-state index in [1.165, 1.54) is 80.8 Å². The summed E-state index contributed by atoms with van der Waals surface area (Å²) in [7, 11) is 0. The maximum atomic E-state index is 6.43. The van der Waals surface area contributed by atoms with Crippen LogP contribution in [0, 0.1) is 0 Å². The molecule has 0 radical (unpaired) electrons. The average molecular weight is 551 g/mol. The molecule has 2 aromatic heterocycles. The van der Waals surface area contributed by atoms with Crippen molar-refractivity contribution in [3.8, 4) is 44.5 Å². The fraction of sp³-hybridized carbons (Fsp3) is 0. The van der Waals surface area contributed by atoms with Gasteiger partial charge in [-0.15, -0.1) is 11.3 Å². The van der Waals surface area contributed by atoms with Crippen molar-refractivity contribution in [1.82, 2.24) is 0 Å². The molecule has 42 heavy (non-hydrogen) atoms. The van der Waals surface area contributed by atoms with E-state index in [2.05, 4.69) is 133 Å². The van der Waals surface area contributed by atoms with E-state index in [4.69, 9.17) is 4.42 Å². The summed E-state index contributed by atoms with van der Waals surface area (Å²) >= 11 is 1.86. The molecule has 0 saturated carbocycles. The maximum Gasteiger partial charge on any atom is 0.136 e. The van der Waals surface area contributed by atoms with Crippen molar-refractivity contribution in [1.29, 1.82) is 0 Å². The Labute approximate surface area is 245 Å². The molecule has 0 atom stereocenters. The summed E-state index contributed by atoms with van der Waals surface area (Å²) in [5.41, 5.74) is 12.0. The molecule has 0 bridgehead atoms. The predicted octanol–water partition coefficient (Wildman–Crippen LogP) is 12.1. The molecule has 10 rings (SSSR count). The van der Waals surface area contributed by atoms with Gasteiger partial charge in [-0.25, -0.2) is 0 Å². The van der Waals surface area contributed by atoms with Crippen LogP contribution in [0.4, 0.5) is 0 Å². The van der Waals surface area contributed by atoms with E-state index in [9.17, 15) is 0 Å². The van der Waals surface area contributed by atoms with E-state index in [1.54, 1.807) is 0 Å². The molecule has 2 heterocycles. The molecule has 0 aliphatic heterocycles. The van der Waals surface area contributed by atoms with E-state index in [1.807, 2.05) is 11.3 Å². The highest BCUT2D eigenvalue weighted by Crippen LogP contribution is 2.49. The first-order chi connectivity index (χ1) is 20.8. The second kappa shape index (κ2) is 8.19. The summed E-state index contributed by atoms with van der Waals surface area (Å²) in [5, 5.41) is 7.61. The van der Waals surface area contributed by atoms with Crippen LogP contribution in [0.2, 0.25) is 0 Å². The van der Waals surface area contributed by atoms with Crippen molar-refractivity contribution >= 4 is 64.2 Å². The van der Waals surface area contributed by atoms with Gasteiger partial charge >= 0.3 is 0 Å². The van der Waals surface area contributed by atoms with Gasteiger partial charge in [0.1, 0.15) is 11.2 Å². The summed E-state index contributed by atoms with van der Waals surface area (Å²) in [6.45, 7) is 0. The summed E-state index contributed by atoms with van der Waals surface area (Å²) in [6, 6.07) is 48.8. The molecule has 2 heteroatoms. The lowest BCUT2D eigenvalue weighted by molar-refractivity contribution is 0.669. The molecule has 0 spiro atoms. The Kier molecular flexibility index (Phi) is 4.39. The SMILES string of the molecule is c1ccc2c(c1)-c1cccc3cc(-c4cccc5oc6ccc(-c7ccc8c(c7)sc7ccccc78)cc6c45)cc-2c13. The van der Waals surface area contributed by atoms with Gasteiger partial charge in [-0.2, -0.15) is 0 Å². The van der Waals surface area contributed by atoms with Crippen molar-refractivity contribution in [3.05, 3.63) is 133 Å². The zero-order valence-electron chi connectivity index (χ0n) is 22.5. The summed E-state index contributed by atoms with van der Waals surface area (Å²) in [4.78, 5) is 0. The lowest BCUT2D eigenvalue weighted by Gasteiger charge is -2.10. The van der Waals surface area contributed by atoms with Crippen LogP contribution < -0.4 is 0 Å². The van der Waals surface area contributed by atoms with Crippen LogP contribution in [0.3, 0.4) is 0 Å². The zero-order valence-corrected chi connectivity index (χ0v) is 23.3. The molecule has 194 valence electrons. The Hall–Kier alpha value is -5.18. The summed E-state index contributed by atoms with van der Waals surface area (Å²) in [5.74, 6) is 0. The lowest BCUT2D eigenvalue weighted by atomic mass is 9.93. The summed E-state index contributed by atoms with van der Waals surface area (Å²) in [6.07, 6.45) is 0. The molecular formula is C40H22OS. The third-order valence-electron chi connectivity index (χ3n) is 9.00. The van der Waals surface area contributed by atoms with Crippen LogP contribution in [0.1, 0.15) is 0 Å². The van der Waals surface area contributed by atoms with Gasteiger partial charge in [0.15, 0.2) is 0 Å². The Morgan fingerprint density at radius 2 is 1.12 bits per heavy atom. The Balaban J connectivity index is 1.19. The second-order valence-electron chi connectivity index (χ2n) is 11.3. The topological polar surface area (TPSA) is 13.1 Å². The first-order valence-electron chi connectivity index (χ1n) is 14.3. The lowest BCUT2D eigenvalue weighted by Crippen LogP contribution is -1.84. The highest BCUT2D eigenvalue weighted by molar-refractivity contribution is 7.25. The molecule has 1 nitrogen and oxygen atoms in total. The second-order valence-corrected chi connectivity index (χ2v) is 12.4. The largest absolute Gasteiger partial charge is 0.456 e. The Morgan fingerprint density at radius 3 is 2.07 bits per heavy atom. The molecule has 1 aliphatic rings. The Morgan fingerprint density at radius 1 is 0.381 bits per heavy atom. The quantitative estimate of drug-likeness (QED) is 0.209. The number of hydrogen-bond acceptors (Lipinski definition) is 2. The predicted molar refractivity (Wildman–Crippen MR) is 179 cm³/mol. The number of fused-ring (bicyclic) bond motifs is 9. The summed E-state index contributed by atoms with van der Waals surface area (Å²) < 4.78 is 9.08. The molecular weight excluding hydrogens is 529 g/mol. The molecule has 9 aromatic rings. The van der Waals surface area contributed by atoms with Gasteiger partial charge in [-0.3, -0.25) is 0 Å². The molecule has 0 unspecified atom stereocenters. The monoisotopic (exact) mass is 550 g/mol. The van der Waals surface area contributed by atoms with Crippen molar-refractivity contribution in [3.63, 3.8) is 0 Å². The van der Waals surface area contributed by atoms with Crippen LogP contribution in [0.5, 0.6) is 0 Å². The number of furan rings is 1. The van der Waals surface area contributed by atoms with Gasteiger partial charge in [-0.1, -0.05) is 91.0 Å². The van der Waals surface area contributed by atoms with Gasteiger partial charge < -0.3 is 4.42 Å². The fourth-order valence-corrected chi connectivity index (χ4v) is 8.27. The molecule has 7 aromatic carbocycles. The van der Waals surface area contributed by atoms with Gasteiger partial charge in [0.05, 0.1) is 0 Å². The Bertz CT molecular complexity index is 2580. The highest BCUT2D eigenvalue weighted by Gasteiger charge is 2.22. The average Bonchev–Trinajstić information content (AvgIpc) is 3.71. The van der Waals surface area contributed by atoms with Crippen LogP contribution in [0.25, 0.3) is 97.4 Å². The minimum absolute atomic E-state index is 0.919. The number of benzene rings is 7. The van der Waals surface area contributed by atoms with E-state index >= 15 is 0 Å². The van der Waals surface area contributed by atoms with E-state index < -0.39 is 0 Å². The third-order valence-corrected chi connectivity index (χ3v) is 10.1. The van der Waals surface area contributed by atoms with Crippen LogP contribution in [-0.2, 0) is 0 Å². The van der Waals surface area contributed by atoms with Gasteiger partial charge in [-0.05, 0) is 97.7 Å². The molecule has 0 N–H and O–H groups in total. The van der Waals surface area contributed by atoms with Crippen LogP contribution in [0.15, 0.2) is 138 Å². The van der Waals surface area contributed by atoms with Gasteiger partial charge in [0.25, 0.3) is 0 Å². The van der Waals surface area contributed by atoms with E-state index in [0.29, 0.717) is 0 Å². The molecule has 0 fully saturated rings. The van der Waals surface area contributed by atoms with E-state index in [0.717, 1.165) is 16.6 Å². The zero-order chi connectivity index (χ0) is 27.4. The first-order valence-corrected chi connectivity index (χ1v) is 15.2. The number of rotatable bonds is 2. The molecule has 1 aliphatic carbocycles. The number of thiophene rings is 1. The van der Waals surface area contributed by atoms with Crippen molar-refractivity contribution in [2.24, 2.45) is 0 Å². The maximum absolute atomic E-state index is 6.43. The molecule has 0 amide bonds. The third kappa shape index (κ3) is 3.02. The highest BCUT2D eigenvalue weighted by atomic mass is 32.1. The normalized spacial score (nSPS) is 12.3. The van der Waals surface area contributed by atoms with Crippen LogP contribution >= 0.6 is 11.3 Å². The minimum Gasteiger partial charge on any atom is -0.456 e. The van der Waals surface area contributed by atoms with Gasteiger partial charge in [0.2, 0.25) is 0 Å². The van der Waals surface area contributed by atoms with E-state index in [-0.39, 0.29) is 0 Å². The van der Waals surface area contributed by atoms with Crippen LogP contribution in [-0.4, -0.2) is 0 Å². The standard InChI is InChI=1S/C40H22OS/c1-2-9-29-28(8-1)32-12-5-7-25-19-26(21-33(29)39(25)32)27-11-6-13-36-40(27)34-20-23(16-18-35(34)41-36)24-15-17-31-30-10-3-4-14-37(30)42-38(31)22-24/h1-22H.